The third-order valence-corrected chi connectivity index (χ3v) is 5.79. The van der Waals surface area contributed by atoms with Crippen LogP contribution in [0, 0.1) is 0 Å². The molecule has 132 valence electrons. The number of nitrogens with zero attached hydrogens (tertiary/aromatic N) is 4. The lowest BCUT2D eigenvalue weighted by Crippen LogP contribution is -2.77. The number of rotatable bonds is 5. The van der Waals surface area contributed by atoms with Crippen molar-refractivity contribution >= 4 is 0 Å². The average Bonchev–Trinajstić information content (AvgIpc) is 2.93. The fourth-order valence-corrected chi connectivity index (χ4v) is 4.91. The number of likely N-dealkylation sites (tertiary alicyclic amines) is 1. The van der Waals surface area contributed by atoms with Gasteiger partial charge in [-0.05, 0) is 24.5 Å². The summed E-state index contributed by atoms with van der Waals surface area (Å²) in [7, 11) is 0. The Morgan fingerprint density at radius 3 is 2.79 bits per heavy atom. The molecule has 6 nitrogen and oxygen atoms in total. The van der Waals surface area contributed by atoms with Crippen LogP contribution < -0.4 is 0 Å². The zero-order valence-corrected chi connectivity index (χ0v) is 14.2. The van der Waals surface area contributed by atoms with Crippen molar-refractivity contribution in [3.8, 4) is 0 Å². The lowest BCUT2D eigenvalue weighted by atomic mass is 9.83. The van der Waals surface area contributed by atoms with Crippen LogP contribution >= 0.6 is 0 Å². The van der Waals surface area contributed by atoms with E-state index in [1.807, 2.05) is 18.5 Å². The molecule has 1 aromatic heterocycles. The third kappa shape index (κ3) is 3.09. The van der Waals surface area contributed by atoms with Gasteiger partial charge in [-0.1, -0.05) is 6.07 Å². The molecule has 0 radical (unpaired) electrons. The van der Waals surface area contributed by atoms with Crippen molar-refractivity contribution in [1.82, 2.24) is 19.7 Å². The molecule has 3 fully saturated rings. The standard InChI is InChI=1S/C18H28N4O2/c23-6-2-5-20-10-16-7-17(24)11-22(16)18(12-20)13-21(14-18)9-15-3-1-4-19-8-15/h1,3-4,8,16-17,23-24H,2,5-7,9-14H2. The second kappa shape index (κ2) is 6.69. The van der Waals surface area contributed by atoms with E-state index < -0.39 is 0 Å². The van der Waals surface area contributed by atoms with Gasteiger partial charge in [-0.15, -0.1) is 0 Å². The topological polar surface area (TPSA) is 63.1 Å². The highest BCUT2D eigenvalue weighted by Gasteiger charge is 2.55. The van der Waals surface area contributed by atoms with Crippen molar-refractivity contribution in [2.24, 2.45) is 0 Å². The first-order valence-electron chi connectivity index (χ1n) is 9.08. The highest BCUT2D eigenvalue weighted by atomic mass is 16.3. The molecule has 3 aliphatic rings. The molecule has 2 atom stereocenters. The molecule has 1 spiro atoms. The molecule has 24 heavy (non-hydrogen) atoms. The molecule has 4 rings (SSSR count). The van der Waals surface area contributed by atoms with Crippen molar-refractivity contribution in [3.63, 3.8) is 0 Å². The lowest BCUT2D eigenvalue weighted by molar-refractivity contribution is -0.116. The van der Waals surface area contributed by atoms with Crippen LogP contribution in [0.3, 0.4) is 0 Å². The van der Waals surface area contributed by atoms with Gasteiger partial charge in [-0.3, -0.25) is 19.7 Å². The van der Waals surface area contributed by atoms with E-state index in [1.165, 1.54) is 5.56 Å². The maximum Gasteiger partial charge on any atom is 0.0682 e. The zero-order chi connectivity index (χ0) is 16.6. The molecule has 6 heteroatoms. The Morgan fingerprint density at radius 1 is 1.21 bits per heavy atom. The molecular formula is C18H28N4O2. The van der Waals surface area contributed by atoms with Crippen LogP contribution in [0.4, 0.5) is 0 Å². The van der Waals surface area contributed by atoms with Gasteiger partial charge in [-0.25, -0.2) is 0 Å². The summed E-state index contributed by atoms with van der Waals surface area (Å²) in [5.41, 5.74) is 1.44. The Labute approximate surface area is 143 Å². The summed E-state index contributed by atoms with van der Waals surface area (Å²) in [5, 5.41) is 19.3. The second-order valence-corrected chi connectivity index (χ2v) is 7.74. The summed E-state index contributed by atoms with van der Waals surface area (Å²) in [6.07, 6.45) is 5.31. The normalized spacial score (nSPS) is 30.4. The monoisotopic (exact) mass is 332 g/mol. The van der Waals surface area contributed by atoms with Crippen molar-refractivity contribution in [3.05, 3.63) is 30.1 Å². The molecule has 0 bridgehead atoms. The van der Waals surface area contributed by atoms with Crippen molar-refractivity contribution in [2.75, 3.05) is 45.9 Å². The number of β-amino-alcohol motifs (C(OH)–C–C–N with tert-alkyl or cyclic N) is 1. The van der Waals surface area contributed by atoms with E-state index in [-0.39, 0.29) is 18.2 Å². The molecule has 0 aliphatic carbocycles. The summed E-state index contributed by atoms with van der Waals surface area (Å²) in [5.74, 6) is 0. The minimum absolute atomic E-state index is 0.179. The molecule has 3 aliphatic heterocycles. The van der Waals surface area contributed by atoms with Gasteiger partial charge in [0.15, 0.2) is 0 Å². The highest BCUT2D eigenvalue weighted by molar-refractivity contribution is 5.16. The number of hydrogen-bond acceptors (Lipinski definition) is 6. The van der Waals surface area contributed by atoms with Crippen molar-refractivity contribution in [1.29, 1.82) is 0 Å². The number of pyridine rings is 1. The first-order chi connectivity index (χ1) is 11.7. The second-order valence-electron chi connectivity index (χ2n) is 7.74. The summed E-state index contributed by atoms with van der Waals surface area (Å²) < 4.78 is 0. The Balaban J connectivity index is 1.42. The number of aliphatic hydroxyl groups excluding tert-OH is 2. The number of piperazine rings is 1. The molecule has 1 aromatic rings. The smallest absolute Gasteiger partial charge is 0.0682 e. The fraction of sp³-hybridized carbons (Fsp3) is 0.722. The molecule has 2 N–H and O–H groups in total. The third-order valence-electron chi connectivity index (χ3n) is 5.79. The van der Waals surface area contributed by atoms with Gasteiger partial charge < -0.3 is 10.2 Å². The Hall–Kier alpha value is -1.05. The molecule has 3 saturated heterocycles. The first kappa shape index (κ1) is 16.4. The van der Waals surface area contributed by atoms with Crippen molar-refractivity contribution < 1.29 is 10.2 Å². The summed E-state index contributed by atoms with van der Waals surface area (Å²) >= 11 is 0. The van der Waals surface area contributed by atoms with E-state index in [0.717, 1.165) is 58.7 Å². The Morgan fingerprint density at radius 2 is 2.04 bits per heavy atom. The summed E-state index contributed by atoms with van der Waals surface area (Å²) in [6.45, 7) is 7.18. The van der Waals surface area contributed by atoms with E-state index in [0.29, 0.717) is 6.04 Å². The largest absolute Gasteiger partial charge is 0.396 e. The van der Waals surface area contributed by atoms with E-state index in [9.17, 15) is 5.11 Å². The van der Waals surface area contributed by atoms with Crippen LogP contribution in [0.15, 0.2) is 24.5 Å². The number of aliphatic hydroxyl groups is 2. The maximum atomic E-state index is 10.2. The van der Waals surface area contributed by atoms with Crippen molar-refractivity contribution in [2.45, 2.75) is 37.1 Å². The summed E-state index contributed by atoms with van der Waals surface area (Å²) in [4.78, 5) is 11.8. The molecule has 0 aromatic carbocycles. The van der Waals surface area contributed by atoms with Crippen LogP contribution in [-0.4, -0.2) is 93.5 Å². The first-order valence-corrected chi connectivity index (χ1v) is 9.08. The molecule has 0 saturated carbocycles. The predicted molar refractivity (Wildman–Crippen MR) is 91.5 cm³/mol. The molecule has 4 heterocycles. The fourth-order valence-electron chi connectivity index (χ4n) is 4.91. The van der Waals surface area contributed by atoms with E-state index >= 15 is 0 Å². The number of fused-ring (bicyclic) bond motifs is 2. The van der Waals surface area contributed by atoms with Gasteiger partial charge >= 0.3 is 0 Å². The lowest BCUT2D eigenvalue weighted by Gasteiger charge is -2.61. The number of hydrogen-bond donors (Lipinski definition) is 2. The predicted octanol–water partition coefficient (Wildman–Crippen LogP) is -0.231. The zero-order valence-electron chi connectivity index (χ0n) is 14.2. The quantitative estimate of drug-likeness (QED) is 0.777. The van der Waals surface area contributed by atoms with Gasteiger partial charge in [0.25, 0.3) is 0 Å². The van der Waals surface area contributed by atoms with Crippen LogP contribution in [-0.2, 0) is 6.54 Å². The van der Waals surface area contributed by atoms with Crippen LogP contribution in [0.25, 0.3) is 0 Å². The van der Waals surface area contributed by atoms with Gasteiger partial charge in [0.1, 0.15) is 0 Å². The minimum atomic E-state index is -0.183. The van der Waals surface area contributed by atoms with E-state index in [4.69, 9.17) is 5.11 Å². The average molecular weight is 332 g/mol. The van der Waals surface area contributed by atoms with Crippen LogP contribution in [0.5, 0.6) is 0 Å². The van der Waals surface area contributed by atoms with E-state index in [1.54, 1.807) is 0 Å². The van der Waals surface area contributed by atoms with Crippen LogP contribution in [0.1, 0.15) is 18.4 Å². The maximum absolute atomic E-state index is 10.2. The summed E-state index contributed by atoms with van der Waals surface area (Å²) in [6, 6.07) is 4.59. The Kier molecular flexibility index (Phi) is 4.58. The van der Waals surface area contributed by atoms with Gasteiger partial charge in [0, 0.05) is 70.9 Å². The number of aromatic nitrogens is 1. The van der Waals surface area contributed by atoms with Gasteiger partial charge in [0.2, 0.25) is 0 Å². The van der Waals surface area contributed by atoms with Crippen LogP contribution in [0.2, 0.25) is 0 Å². The minimum Gasteiger partial charge on any atom is -0.396 e. The Bertz CT molecular complexity index is 549. The molecular weight excluding hydrogens is 304 g/mol. The molecule has 2 unspecified atom stereocenters. The highest BCUT2D eigenvalue weighted by Crippen LogP contribution is 2.39. The van der Waals surface area contributed by atoms with Gasteiger partial charge in [0.05, 0.1) is 11.6 Å². The van der Waals surface area contributed by atoms with E-state index in [2.05, 4.69) is 25.8 Å². The SMILES string of the molecule is OCCCN1CC2CC(O)CN2C2(C1)CN(Cc1cccnc1)C2. The van der Waals surface area contributed by atoms with Gasteiger partial charge in [-0.2, -0.15) is 0 Å². The molecule has 0 amide bonds.